The predicted octanol–water partition coefficient (Wildman–Crippen LogP) is 1.88. The van der Waals surface area contributed by atoms with Crippen molar-refractivity contribution in [2.24, 2.45) is 5.92 Å². The van der Waals surface area contributed by atoms with Crippen LogP contribution in [0.4, 0.5) is 4.79 Å². The molecule has 25 heavy (non-hydrogen) atoms. The van der Waals surface area contributed by atoms with Gasteiger partial charge in [0.25, 0.3) is 0 Å². The van der Waals surface area contributed by atoms with Gasteiger partial charge in [-0.05, 0) is 46.0 Å². The smallest absolute Gasteiger partial charge is 0.408 e. The summed E-state index contributed by atoms with van der Waals surface area (Å²) in [6.45, 7) is 9.77. The lowest BCUT2D eigenvalue weighted by molar-refractivity contribution is -0.124. The summed E-state index contributed by atoms with van der Waals surface area (Å²) in [6.07, 6.45) is 4.43. The van der Waals surface area contributed by atoms with Gasteiger partial charge in [-0.15, -0.1) is 0 Å². The first-order valence-corrected chi connectivity index (χ1v) is 8.84. The van der Waals surface area contributed by atoms with Crippen LogP contribution in [-0.2, 0) is 14.3 Å². The Morgan fingerprint density at radius 2 is 1.96 bits per heavy atom. The molecule has 1 aliphatic rings. The Bertz CT molecular complexity index is 509. The summed E-state index contributed by atoms with van der Waals surface area (Å²) in [5.74, 6) is -0.322. The Labute approximate surface area is 149 Å². The number of hydrogen-bond donors (Lipinski definition) is 3. The summed E-state index contributed by atoms with van der Waals surface area (Å²) in [5, 5.41) is 8.37. The molecule has 3 N–H and O–H groups in total. The maximum Gasteiger partial charge on any atom is 0.408 e. The van der Waals surface area contributed by atoms with E-state index in [2.05, 4.69) is 16.0 Å². The molecule has 0 aliphatic carbocycles. The van der Waals surface area contributed by atoms with E-state index in [0.717, 1.165) is 6.42 Å². The van der Waals surface area contributed by atoms with Crippen LogP contribution in [0, 0.1) is 5.92 Å². The molecule has 0 aromatic carbocycles. The number of rotatable bonds is 2. The number of carbonyl (C=O) groups is 3. The van der Waals surface area contributed by atoms with Crippen molar-refractivity contribution in [2.75, 3.05) is 6.54 Å². The van der Waals surface area contributed by atoms with Gasteiger partial charge in [-0.3, -0.25) is 9.59 Å². The fraction of sp³-hybridized carbons (Fsp3) is 0.722. The Balaban J connectivity index is 2.85. The minimum atomic E-state index is -0.667. The molecule has 0 saturated carbocycles. The van der Waals surface area contributed by atoms with E-state index in [1.54, 1.807) is 26.8 Å². The van der Waals surface area contributed by atoms with E-state index in [1.165, 1.54) is 6.08 Å². The maximum absolute atomic E-state index is 12.6. The second-order valence-electron chi connectivity index (χ2n) is 7.62. The first-order chi connectivity index (χ1) is 11.6. The van der Waals surface area contributed by atoms with E-state index >= 15 is 0 Å². The molecule has 0 unspecified atom stereocenters. The molecule has 142 valence electrons. The SMILES string of the molecule is CC(C)[C@H]1/C=C/C(=O)NCCCC[C@H](NC(=O)OC(C)(C)C)C(=O)N1. The molecule has 2 atom stereocenters. The Kier molecular flexibility index (Phi) is 7.93. The average Bonchev–Trinajstić information content (AvgIpc) is 2.46. The lowest BCUT2D eigenvalue weighted by atomic mass is 10.0. The quantitative estimate of drug-likeness (QED) is 0.706. The van der Waals surface area contributed by atoms with Crippen molar-refractivity contribution in [3.63, 3.8) is 0 Å². The lowest BCUT2D eigenvalue weighted by Gasteiger charge is -2.26. The van der Waals surface area contributed by atoms with Crippen LogP contribution in [0.15, 0.2) is 12.2 Å². The van der Waals surface area contributed by atoms with Gasteiger partial charge in [0.2, 0.25) is 11.8 Å². The highest BCUT2D eigenvalue weighted by Crippen LogP contribution is 2.10. The average molecular weight is 353 g/mol. The zero-order valence-electron chi connectivity index (χ0n) is 15.8. The van der Waals surface area contributed by atoms with Crippen molar-refractivity contribution in [3.05, 3.63) is 12.2 Å². The van der Waals surface area contributed by atoms with Crippen LogP contribution in [0.2, 0.25) is 0 Å². The minimum absolute atomic E-state index is 0.109. The molecule has 0 radical (unpaired) electrons. The third-order valence-electron chi connectivity index (χ3n) is 3.71. The highest BCUT2D eigenvalue weighted by atomic mass is 16.6. The van der Waals surface area contributed by atoms with Crippen LogP contribution < -0.4 is 16.0 Å². The topological polar surface area (TPSA) is 96.5 Å². The van der Waals surface area contributed by atoms with Crippen molar-refractivity contribution in [1.29, 1.82) is 0 Å². The van der Waals surface area contributed by atoms with Gasteiger partial charge in [-0.25, -0.2) is 4.79 Å². The van der Waals surface area contributed by atoms with Gasteiger partial charge in [0.05, 0.1) is 0 Å². The molecular formula is C18H31N3O4. The molecule has 7 heteroatoms. The van der Waals surface area contributed by atoms with Gasteiger partial charge >= 0.3 is 6.09 Å². The lowest BCUT2D eigenvalue weighted by Crippen LogP contribution is -2.51. The number of nitrogens with one attached hydrogen (secondary N) is 3. The molecule has 1 heterocycles. The number of alkyl carbamates (subject to hydrolysis) is 1. The van der Waals surface area contributed by atoms with Gasteiger partial charge in [0.15, 0.2) is 0 Å². The van der Waals surface area contributed by atoms with Crippen molar-refractivity contribution in [2.45, 2.75) is 71.6 Å². The Morgan fingerprint density at radius 3 is 2.56 bits per heavy atom. The fourth-order valence-corrected chi connectivity index (χ4v) is 2.36. The summed E-state index contributed by atoms with van der Waals surface area (Å²) in [6, 6.07) is -0.958. The number of carbonyl (C=O) groups excluding carboxylic acids is 3. The summed E-state index contributed by atoms with van der Waals surface area (Å²) < 4.78 is 5.25. The molecule has 0 bridgehead atoms. The summed E-state index contributed by atoms with van der Waals surface area (Å²) in [4.78, 5) is 36.3. The number of ether oxygens (including phenoxy) is 1. The van der Waals surface area contributed by atoms with E-state index in [4.69, 9.17) is 4.74 Å². The van der Waals surface area contributed by atoms with E-state index in [1.807, 2.05) is 13.8 Å². The first kappa shape index (κ1) is 21.0. The van der Waals surface area contributed by atoms with Crippen molar-refractivity contribution < 1.29 is 19.1 Å². The summed E-state index contributed by atoms with van der Waals surface area (Å²) >= 11 is 0. The molecule has 0 fully saturated rings. The number of amides is 3. The molecule has 3 amide bonds. The third kappa shape index (κ3) is 8.56. The van der Waals surface area contributed by atoms with E-state index < -0.39 is 17.7 Å². The molecule has 1 rings (SSSR count). The van der Waals surface area contributed by atoms with Crippen LogP contribution in [0.5, 0.6) is 0 Å². The predicted molar refractivity (Wildman–Crippen MR) is 95.9 cm³/mol. The second-order valence-corrected chi connectivity index (χ2v) is 7.62. The standard InChI is InChI=1S/C18H31N3O4/c1-12(2)13-9-10-15(22)19-11-7-6-8-14(16(23)20-13)21-17(24)25-18(3,4)5/h9-10,12-14H,6-8,11H2,1-5H3,(H,19,22)(H,20,23)(H,21,24)/b10-9+/t13-,14+/m1/s1. The van der Waals surface area contributed by atoms with Gasteiger partial charge in [0.1, 0.15) is 11.6 Å². The monoisotopic (exact) mass is 353 g/mol. The van der Waals surface area contributed by atoms with Crippen LogP contribution in [0.25, 0.3) is 0 Å². The molecule has 0 spiro atoms. The van der Waals surface area contributed by atoms with Crippen molar-refractivity contribution >= 4 is 17.9 Å². The van der Waals surface area contributed by atoms with Gasteiger partial charge in [0, 0.05) is 18.7 Å². The zero-order valence-corrected chi connectivity index (χ0v) is 15.8. The van der Waals surface area contributed by atoms with Crippen molar-refractivity contribution in [1.82, 2.24) is 16.0 Å². The van der Waals surface area contributed by atoms with Crippen molar-refractivity contribution in [3.8, 4) is 0 Å². The van der Waals surface area contributed by atoms with E-state index in [9.17, 15) is 14.4 Å². The summed E-state index contributed by atoms with van der Waals surface area (Å²) in [5.41, 5.74) is -0.626. The number of hydrogen-bond acceptors (Lipinski definition) is 4. The molecule has 0 aromatic rings. The van der Waals surface area contributed by atoms with Crippen LogP contribution in [0.1, 0.15) is 53.9 Å². The van der Waals surface area contributed by atoms with Crippen LogP contribution >= 0.6 is 0 Å². The molecule has 1 aliphatic heterocycles. The van der Waals surface area contributed by atoms with E-state index in [-0.39, 0.29) is 23.8 Å². The van der Waals surface area contributed by atoms with Crippen LogP contribution in [0.3, 0.4) is 0 Å². The summed E-state index contributed by atoms with van der Waals surface area (Å²) in [7, 11) is 0. The van der Waals surface area contributed by atoms with Crippen LogP contribution in [-0.4, -0.2) is 42.1 Å². The molecule has 0 saturated heterocycles. The highest BCUT2D eigenvalue weighted by Gasteiger charge is 2.26. The van der Waals surface area contributed by atoms with E-state index in [0.29, 0.717) is 19.4 Å². The molecule has 0 aromatic heterocycles. The minimum Gasteiger partial charge on any atom is -0.444 e. The normalized spacial score (nSPS) is 24.4. The van der Waals surface area contributed by atoms with Gasteiger partial charge in [-0.2, -0.15) is 0 Å². The fourth-order valence-electron chi connectivity index (χ4n) is 2.36. The Hall–Kier alpha value is -2.05. The van der Waals surface area contributed by atoms with Gasteiger partial charge < -0.3 is 20.7 Å². The highest BCUT2D eigenvalue weighted by molar-refractivity contribution is 5.88. The second kappa shape index (κ2) is 9.44. The molecule has 7 nitrogen and oxygen atoms in total. The maximum atomic E-state index is 12.6. The first-order valence-electron chi connectivity index (χ1n) is 8.84. The van der Waals surface area contributed by atoms with Gasteiger partial charge in [-0.1, -0.05) is 19.9 Å². The third-order valence-corrected chi connectivity index (χ3v) is 3.71. The largest absolute Gasteiger partial charge is 0.444 e. The zero-order chi connectivity index (χ0) is 19.0. The molecular weight excluding hydrogens is 322 g/mol. The Morgan fingerprint density at radius 1 is 1.28 bits per heavy atom.